The molecule has 1 aromatic heterocycles. The molecule has 31 heavy (non-hydrogen) atoms. The average Bonchev–Trinajstić information content (AvgIpc) is 2.76. The molecule has 0 atom stereocenters. The van der Waals surface area contributed by atoms with Crippen LogP contribution in [0.1, 0.15) is 16.7 Å². The van der Waals surface area contributed by atoms with Gasteiger partial charge in [-0.1, -0.05) is 35.9 Å². The highest BCUT2D eigenvalue weighted by Crippen LogP contribution is 2.20. The summed E-state index contributed by atoms with van der Waals surface area (Å²) in [6, 6.07) is 15.5. The molecule has 1 heterocycles. The monoisotopic (exact) mass is 440 g/mol. The highest BCUT2D eigenvalue weighted by molar-refractivity contribution is 7.89. The Balaban J connectivity index is 1.81. The maximum absolute atomic E-state index is 14.2. The number of rotatable bonds is 8. The molecular weight excluding hydrogens is 419 g/mol. The standard InChI is InChI=1S/C22H21FN4O3S/c1-17-6-8-20(9-7-17)31(29,30)27(15-19-4-2-3-5-21(19)23)16-22(28)26-25-14-18-10-12-24-13-11-18/h2-14H,15-16H2,1H3,(H,26,28)/b25-14-. The van der Waals surface area contributed by atoms with Crippen LogP contribution in [0.3, 0.4) is 0 Å². The summed E-state index contributed by atoms with van der Waals surface area (Å²) in [6.45, 7) is 1.00. The van der Waals surface area contributed by atoms with Gasteiger partial charge < -0.3 is 0 Å². The minimum absolute atomic E-state index is 0.0162. The third-order valence-electron chi connectivity index (χ3n) is 4.39. The van der Waals surface area contributed by atoms with Gasteiger partial charge in [-0.15, -0.1) is 0 Å². The van der Waals surface area contributed by atoms with Gasteiger partial charge >= 0.3 is 0 Å². The number of halogens is 1. The van der Waals surface area contributed by atoms with Gasteiger partial charge in [-0.2, -0.15) is 9.41 Å². The van der Waals surface area contributed by atoms with Crippen LogP contribution < -0.4 is 5.43 Å². The number of carbonyl (C=O) groups is 1. The van der Waals surface area contributed by atoms with Crippen molar-refractivity contribution in [2.24, 2.45) is 5.10 Å². The zero-order valence-corrected chi connectivity index (χ0v) is 17.6. The summed E-state index contributed by atoms with van der Waals surface area (Å²) >= 11 is 0. The number of sulfonamides is 1. The van der Waals surface area contributed by atoms with Crippen LogP contribution in [0.5, 0.6) is 0 Å². The van der Waals surface area contributed by atoms with Gasteiger partial charge in [-0.25, -0.2) is 18.2 Å². The normalized spacial score (nSPS) is 11.7. The predicted octanol–water partition coefficient (Wildman–Crippen LogP) is 2.87. The summed E-state index contributed by atoms with van der Waals surface area (Å²) in [5, 5.41) is 3.84. The van der Waals surface area contributed by atoms with Gasteiger partial charge in [0, 0.05) is 24.5 Å². The highest BCUT2D eigenvalue weighted by atomic mass is 32.2. The van der Waals surface area contributed by atoms with Crippen LogP contribution >= 0.6 is 0 Å². The number of amides is 1. The molecule has 0 saturated heterocycles. The summed E-state index contributed by atoms with van der Waals surface area (Å²) in [5.74, 6) is -1.21. The molecule has 2 aromatic carbocycles. The Morgan fingerprint density at radius 3 is 2.45 bits per heavy atom. The Labute approximate surface area is 180 Å². The number of hydrogen-bond acceptors (Lipinski definition) is 5. The average molecular weight is 441 g/mol. The van der Waals surface area contributed by atoms with Crippen LogP contribution in [-0.4, -0.2) is 36.4 Å². The molecule has 0 fully saturated rings. The fourth-order valence-electron chi connectivity index (χ4n) is 2.73. The Hall–Kier alpha value is -3.43. The van der Waals surface area contributed by atoms with Crippen LogP contribution in [0.2, 0.25) is 0 Å². The van der Waals surface area contributed by atoms with Crippen molar-refractivity contribution in [1.29, 1.82) is 0 Å². The first-order valence-corrected chi connectivity index (χ1v) is 10.8. The van der Waals surface area contributed by atoms with E-state index in [1.54, 1.807) is 42.7 Å². The number of nitrogens with one attached hydrogen (secondary N) is 1. The van der Waals surface area contributed by atoms with E-state index in [1.165, 1.54) is 36.5 Å². The van der Waals surface area contributed by atoms with E-state index in [0.717, 1.165) is 9.87 Å². The molecule has 0 radical (unpaired) electrons. The van der Waals surface area contributed by atoms with Crippen molar-refractivity contribution in [2.75, 3.05) is 6.54 Å². The summed E-state index contributed by atoms with van der Waals surface area (Å²) in [5.41, 5.74) is 4.07. The molecule has 0 aliphatic rings. The van der Waals surface area contributed by atoms with Gasteiger partial charge in [0.15, 0.2) is 0 Å². The predicted molar refractivity (Wildman–Crippen MR) is 115 cm³/mol. The van der Waals surface area contributed by atoms with E-state index in [1.807, 2.05) is 6.92 Å². The number of aromatic nitrogens is 1. The van der Waals surface area contributed by atoms with Crippen LogP contribution in [-0.2, 0) is 21.4 Å². The van der Waals surface area contributed by atoms with Crippen LogP contribution in [0.15, 0.2) is 83.1 Å². The summed E-state index contributed by atoms with van der Waals surface area (Å²) in [7, 11) is -4.06. The maximum Gasteiger partial charge on any atom is 0.255 e. The summed E-state index contributed by atoms with van der Waals surface area (Å²) in [6.07, 6.45) is 4.57. The van der Waals surface area contributed by atoms with Crippen LogP contribution in [0.4, 0.5) is 4.39 Å². The minimum Gasteiger partial charge on any atom is -0.272 e. The van der Waals surface area contributed by atoms with E-state index in [2.05, 4.69) is 15.5 Å². The second kappa shape index (κ2) is 10.1. The van der Waals surface area contributed by atoms with E-state index in [9.17, 15) is 17.6 Å². The van der Waals surface area contributed by atoms with Crippen molar-refractivity contribution < 1.29 is 17.6 Å². The van der Waals surface area contributed by atoms with Gasteiger partial charge in [0.2, 0.25) is 10.0 Å². The smallest absolute Gasteiger partial charge is 0.255 e. The summed E-state index contributed by atoms with van der Waals surface area (Å²) < 4.78 is 41.4. The number of benzene rings is 2. The second-order valence-corrected chi connectivity index (χ2v) is 8.69. The van der Waals surface area contributed by atoms with Crippen molar-refractivity contribution >= 4 is 22.1 Å². The molecule has 0 unspecified atom stereocenters. The fraction of sp³-hybridized carbons (Fsp3) is 0.136. The number of hydrogen-bond donors (Lipinski definition) is 1. The lowest BCUT2D eigenvalue weighted by atomic mass is 10.2. The molecule has 9 heteroatoms. The number of pyridine rings is 1. The Morgan fingerprint density at radius 1 is 1.10 bits per heavy atom. The van der Waals surface area contributed by atoms with E-state index in [0.29, 0.717) is 5.56 Å². The molecular formula is C22H21FN4O3S. The molecule has 0 aliphatic heterocycles. The van der Waals surface area contributed by atoms with E-state index >= 15 is 0 Å². The first kappa shape index (κ1) is 22.3. The zero-order chi connectivity index (χ0) is 22.3. The van der Waals surface area contributed by atoms with E-state index < -0.39 is 28.3 Å². The first-order chi connectivity index (χ1) is 14.9. The quantitative estimate of drug-likeness (QED) is 0.431. The Morgan fingerprint density at radius 2 is 1.77 bits per heavy atom. The van der Waals surface area contributed by atoms with Crippen molar-refractivity contribution in [3.8, 4) is 0 Å². The molecule has 3 rings (SSSR count). The highest BCUT2D eigenvalue weighted by Gasteiger charge is 2.27. The lowest BCUT2D eigenvalue weighted by molar-refractivity contribution is -0.121. The van der Waals surface area contributed by atoms with Crippen LogP contribution in [0, 0.1) is 12.7 Å². The minimum atomic E-state index is -4.06. The van der Waals surface area contributed by atoms with Gasteiger partial charge in [0.1, 0.15) is 5.82 Å². The van der Waals surface area contributed by atoms with Gasteiger partial charge in [-0.05, 0) is 42.8 Å². The zero-order valence-electron chi connectivity index (χ0n) is 16.8. The van der Waals surface area contributed by atoms with E-state index in [-0.39, 0.29) is 17.0 Å². The maximum atomic E-state index is 14.2. The third-order valence-corrected chi connectivity index (χ3v) is 6.20. The molecule has 0 aliphatic carbocycles. The van der Waals surface area contributed by atoms with Gasteiger partial charge in [0.25, 0.3) is 5.91 Å². The molecule has 1 N–H and O–H groups in total. The number of aryl methyl sites for hydroxylation is 1. The number of nitrogens with zero attached hydrogens (tertiary/aromatic N) is 3. The molecule has 0 spiro atoms. The number of hydrazone groups is 1. The van der Waals surface area contributed by atoms with Gasteiger partial charge in [-0.3, -0.25) is 9.78 Å². The topological polar surface area (TPSA) is 91.7 Å². The van der Waals surface area contributed by atoms with Crippen LogP contribution in [0.25, 0.3) is 0 Å². The largest absolute Gasteiger partial charge is 0.272 e. The Kier molecular flexibility index (Phi) is 7.22. The first-order valence-electron chi connectivity index (χ1n) is 9.38. The Bertz CT molecular complexity index is 1170. The molecule has 160 valence electrons. The van der Waals surface area contributed by atoms with E-state index in [4.69, 9.17) is 0 Å². The lowest BCUT2D eigenvalue weighted by Gasteiger charge is -2.22. The molecule has 3 aromatic rings. The molecule has 0 saturated carbocycles. The molecule has 1 amide bonds. The summed E-state index contributed by atoms with van der Waals surface area (Å²) in [4.78, 5) is 16.3. The van der Waals surface area contributed by atoms with Crippen molar-refractivity contribution in [1.82, 2.24) is 14.7 Å². The second-order valence-electron chi connectivity index (χ2n) is 6.75. The van der Waals surface area contributed by atoms with Crippen molar-refractivity contribution in [2.45, 2.75) is 18.4 Å². The molecule has 0 bridgehead atoms. The third kappa shape index (κ3) is 6.03. The van der Waals surface area contributed by atoms with Crippen molar-refractivity contribution in [3.05, 3.63) is 95.6 Å². The fourth-order valence-corrected chi connectivity index (χ4v) is 4.10. The number of carbonyl (C=O) groups excluding carboxylic acids is 1. The lowest BCUT2D eigenvalue weighted by Crippen LogP contribution is -2.39. The van der Waals surface area contributed by atoms with Gasteiger partial charge in [0.05, 0.1) is 17.7 Å². The molecule has 7 nitrogen and oxygen atoms in total. The SMILES string of the molecule is Cc1ccc(S(=O)(=O)N(CC(=O)N/N=C\c2ccncc2)Cc2ccccc2F)cc1. The van der Waals surface area contributed by atoms with Crippen molar-refractivity contribution in [3.63, 3.8) is 0 Å².